The first-order valence-corrected chi connectivity index (χ1v) is 15.4. The highest BCUT2D eigenvalue weighted by Gasteiger charge is 2.22. The lowest BCUT2D eigenvalue weighted by Gasteiger charge is -2.35. The predicted molar refractivity (Wildman–Crippen MR) is 162 cm³/mol. The van der Waals surface area contributed by atoms with Gasteiger partial charge in [-0.2, -0.15) is 0 Å². The third kappa shape index (κ3) is 7.31. The van der Waals surface area contributed by atoms with Crippen molar-refractivity contribution in [1.82, 2.24) is 14.9 Å². The van der Waals surface area contributed by atoms with E-state index in [0.29, 0.717) is 23.1 Å². The normalized spacial score (nSPS) is 20.3. The highest BCUT2D eigenvalue weighted by molar-refractivity contribution is 8.00. The van der Waals surface area contributed by atoms with Crippen LogP contribution in [-0.4, -0.2) is 41.0 Å². The lowest BCUT2D eigenvalue weighted by atomic mass is 9.91. The summed E-state index contributed by atoms with van der Waals surface area (Å²) >= 11 is 1.58. The second-order valence-electron chi connectivity index (χ2n) is 11.5. The van der Waals surface area contributed by atoms with Crippen molar-refractivity contribution in [2.45, 2.75) is 70.7 Å². The van der Waals surface area contributed by atoms with Gasteiger partial charge in [-0.15, -0.1) is 0 Å². The molecule has 2 fully saturated rings. The van der Waals surface area contributed by atoms with E-state index in [1.807, 2.05) is 30.5 Å². The van der Waals surface area contributed by atoms with E-state index in [2.05, 4.69) is 46.3 Å². The molecule has 0 aliphatic carbocycles. The summed E-state index contributed by atoms with van der Waals surface area (Å²) in [6.45, 7) is 12.0. The van der Waals surface area contributed by atoms with E-state index in [1.54, 1.807) is 24.2 Å². The number of benzene rings is 1. The van der Waals surface area contributed by atoms with Crippen molar-refractivity contribution in [3.05, 3.63) is 65.9 Å². The molecule has 1 N–H and O–H groups in total. The maximum absolute atomic E-state index is 15.3. The van der Waals surface area contributed by atoms with Crippen LogP contribution >= 0.6 is 11.9 Å². The zero-order chi connectivity index (χ0) is 27.2. The van der Waals surface area contributed by atoms with E-state index in [-0.39, 0.29) is 5.82 Å². The summed E-state index contributed by atoms with van der Waals surface area (Å²) in [6, 6.07) is 11.7. The summed E-state index contributed by atoms with van der Waals surface area (Å²) in [6.07, 6.45) is 10.8. The second kappa shape index (κ2) is 13.1. The lowest BCUT2D eigenvalue weighted by Crippen LogP contribution is -2.38. The quantitative estimate of drug-likeness (QED) is 0.276. The predicted octanol–water partition coefficient (Wildman–Crippen LogP) is 7.82. The van der Waals surface area contributed by atoms with Crippen molar-refractivity contribution in [1.29, 1.82) is 0 Å². The molecule has 0 spiro atoms. The van der Waals surface area contributed by atoms with Gasteiger partial charge in [-0.1, -0.05) is 33.3 Å². The van der Waals surface area contributed by atoms with E-state index in [9.17, 15) is 0 Å². The summed E-state index contributed by atoms with van der Waals surface area (Å²) < 4.78 is 18.8. The van der Waals surface area contributed by atoms with Crippen molar-refractivity contribution in [2.75, 3.05) is 35.8 Å². The number of likely N-dealkylation sites (tertiary alicyclic amines) is 1. The van der Waals surface area contributed by atoms with Crippen LogP contribution in [0, 0.1) is 17.7 Å². The number of pyridine rings is 2. The van der Waals surface area contributed by atoms with E-state index < -0.39 is 0 Å². The molecule has 2 aromatic heterocycles. The molecule has 3 aromatic rings. The van der Waals surface area contributed by atoms with Gasteiger partial charge < -0.3 is 9.62 Å². The number of halogens is 1. The molecule has 2 unspecified atom stereocenters. The fraction of sp³-hybridized carbons (Fsp3) is 0.500. The Hall–Kier alpha value is -2.64. The molecular weight excluding hydrogens is 505 g/mol. The zero-order valence-corrected chi connectivity index (χ0v) is 24.4. The molecule has 0 radical (unpaired) electrons. The number of nitrogens with zero attached hydrogens (tertiary/aromatic N) is 4. The van der Waals surface area contributed by atoms with Gasteiger partial charge in [0.05, 0.1) is 28.2 Å². The second-order valence-corrected chi connectivity index (χ2v) is 12.4. The van der Waals surface area contributed by atoms with Crippen LogP contribution in [0.4, 0.5) is 15.8 Å². The molecule has 0 bridgehead atoms. The highest BCUT2D eigenvalue weighted by atomic mass is 32.2. The van der Waals surface area contributed by atoms with Crippen molar-refractivity contribution < 1.29 is 4.39 Å². The Morgan fingerprint density at radius 3 is 2.54 bits per heavy atom. The third-order valence-corrected chi connectivity index (χ3v) is 8.73. The number of rotatable bonds is 9. The van der Waals surface area contributed by atoms with Crippen LogP contribution in [-0.2, 0) is 13.0 Å². The van der Waals surface area contributed by atoms with Crippen LogP contribution in [0.2, 0.25) is 0 Å². The smallest absolute Gasteiger partial charge is 0.132 e. The average Bonchev–Trinajstić information content (AvgIpc) is 2.93. The fourth-order valence-electron chi connectivity index (χ4n) is 6.10. The Morgan fingerprint density at radius 1 is 1.00 bits per heavy atom. The Bertz CT molecular complexity index is 1230. The number of anilines is 2. The topological polar surface area (TPSA) is 44.3 Å². The van der Waals surface area contributed by atoms with Crippen LogP contribution < -0.4 is 9.62 Å². The summed E-state index contributed by atoms with van der Waals surface area (Å²) in [5, 5.41) is 0. The minimum Gasteiger partial charge on any atom is -0.370 e. The van der Waals surface area contributed by atoms with Crippen molar-refractivity contribution >= 4 is 23.3 Å². The Kier molecular flexibility index (Phi) is 9.40. The van der Waals surface area contributed by atoms with E-state index in [1.165, 1.54) is 31.4 Å². The summed E-state index contributed by atoms with van der Waals surface area (Å²) in [7, 11) is 0. The van der Waals surface area contributed by atoms with Gasteiger partial charge in [-0.25, -0.2) is 4.39 Å². The first kappa shape index (κ1) is 27.9. The molecule has 2 atom stereocenters. The minimum absolute atomic E-state index is 0.216. The molecule has 2 aliphatic rings. The van der Waals surface area contributed by atoms with Gasteiger partial charge in [0.2, 0.25) is 0 Å². The van der Waals surface area contributed by atoms with Crippen molar-refractivity contribution in [3.63, 3.8) is 0 Å². The molecule has 1 aromatic carbocycles. The molecular formula is C32H42FN5S. The first-order chi connectivity index (χ1) is 19.0. The number of aryl methyl sites for hydroxylation is 1. The molecule has 5 nitrogen and oxygen atoms in total. The monoisotopic (exact) mass is 547 g/mol. The number of hydrogen-bond donors (Lipinski definition) is 1. The van der Waals surface area contributed by atoms with Gasteiger partial charge in [0.1, 0.15) is 5.82 Å². The summed E-state index contributed by atoms with van der Waals surface area (Å²) in [5.74, 6) is 1.17. The van der Waals surface area contributed by atoms with Gasteiger partial charge >= 0.3 is 0 Å². The van der Waals surface area contributed by atoms with Gasteiger partial charge in [0.25, 0.3) is 0 Å². The van der Waals surface area contributed by atoms with E-state index in [0.717, 1.165) is 67.4 Å². The summed E-state index contributed by atoms with van der Waals surface area (Å²) in [4.78, 5) is 15.4. The van der Waals surface area contributed by atoms with Crippen LogP contribution in [0.3, 0.4) is 0 Å². The van der Waals surface area contributed by atoms with Crippen molar-refractivity contribution in [3.8, 4) is 11.3 Å². The fourth-order valence-corrected chi connectivity index (χ4v) is 6.91. The minimum atomic E-state index is -0.216. The maximum Gasteiger partial charge on any atom is 0.132 e. The lowest BCUT2D eigenvalue weighted by molar-refractivity contribution is 0.134. The molecule has 5 rings (SSSR count). The maximum atomic E-state index is 15.3. The molecule has 2 aliphatic heterocycles. The Morgan fingerprint density at radius 2 is 1.79 bits per heavy atom. The van der Waals surface area contributed by atoms with Gasteiger partial charge in [-0.3, -0.25) is 14.9 Å². The van der Waals surface area contributed by atoms with Gasteiger partial charge in [-0.05, 0) is 91.8 Å². The van der Waals surface area contributed by atoms with Crippen LogP contribution in [0.25, 0.3) is 11.3 Å². The van der Waals surface area contributed by atoms with Gasteiger partial charge in [0.15, 0.2) is 0 Å². The number of piperidine rings is 2. The molecule has 0 amide bonds. The molecule has 4 heterocycles. The molecule has 0 saturated carbocycles. The standard InChI is InChI=1S/C32H42FN5S/c1-4-8-30-32(18-27(19-35-30)38-13-6-5-7-14-38)39-36-26-11-12-34-31(17-26)28-10-9-25(16-29(28)33)22-37-20-23(2)15-24(3)21-37/h9-12,16-19,23-24H,4-8,13-15,20-22H2,1-3H3,(H,34,36). The number of hydrogen-bond acceptors (Lipinski definition) is 6. The molecule has 208 valence electrons. The molecule has 7 heteroatoms. The number of aromatic nitrogens is 2. The highest BCUT2D eigenvalue weighted by Crippen LogP contribution is 2.31. The zero-order valence-electron chi connectivity index (χ0n) is 23.6. The Balaban J connectivity index is 1.28. The summed E-state index contributed by atoms with van der Waals surface area (Å²) in [5.41, 5.74) is 5.41. The molecule has 39 heavy (non-hydrogen) atoms. The van der Waals surface area contributed by atoms with E-state index >= 15 is 4.39 Å². The number of nitrogens with one attached hydrogen (secondary N) is 1. The van der Waals surface area contributed by atoms with Crippen molar-refractivity contribution in [2.24, 2.45) is 11.8 Å². The first-order valence-electron chi connectivity index (χ1n) is 14.6. The van der Waals surface area contributed by atoms with Gasteiger partial charge in [0, 0.05) is 50.2 Å². The van der Waals surface area contributed by atoms with Crippen LogP contribution in [0.15, 0.2) is 53.7 Å². The van der Waals surface area contributed by atoms with Crippen LogP contribution in [0.1, 0.15) is 64.1 Å². The van der Waals surface area contributed by atoms with E-state index in [4.69, 9.17) is 4.98 Å². The Labute approximate surface area is 237 Å². The van der Waals surface area contributed by atoms with Crippen LogP contribution in [0.5, 0.6) is 0 Å². The third-order valence-electron chi connectivity index (χ3n) is 7.82. The molecule has 2 saturated heterocycles. The average molecular weight is 548 g/mol. The largest absolute Gasteiger partial charge is 0.370 e. The SMILES string of the molecule is CCCc1ncc(N2CCCCC2)cc1SNc1ccnc(-c2ccc(CN3CC(C)CC(C)C3)cc2F)c1.